The van der Waals surface area contributed by atoms with Crippen LogP contribution in [0.25, 0.3) is 0 Å². The normalized spacial score (nSPS) is 11.3. The average Bonchev–Trinajstić information content (AvgIpc) is 2.42. The van der Waals surface area contributed by atoms with Crippen molar-refractivity contribution >= 4 is 5.78 Å². The molecule has 0 amide bonds. The van der Waals surface area contributed by atoms with Crippen LogP contribution in [0, 0.1) is 5.41 Å². The average molecular weight is 279 g/mol. The smallest absolute Gasteiger partial charge is 0.168 e. The quantitative estimate of drug-likeness (QED) is 0.813. The molecule has 0 radical (unpaired) electrons. The first-order valence-electron chi connectivity index (χ1n) is 6.79. The van der Waals surface area contributed by atoms with Crippen LogP contribution >= 0.6 is 0 Å². The summed E-state index contributed by atoms with van der Waals surface area (Å²) in [5, 5.41) is 3.10. The molecule has 0 fully saturated rings. The number of hydrogen-bond donors (Lipinski definition) is 1. The maximum Gasteiger partial charge on any atom is 0.168 e. The molecular weight excluding hydrogens is 254 g/mol. The van der Waals surface area contributed by atoms with E-state index in [0.29, 0.717) is 17.1 Å². The largest absolute Gasteiger partial charge is 0.493 e. The van der Waals surface area contributed by atoms with Crippen molar-refractivity contribution in [1.82, 2.24) is 5.32 Å². The predicted molar refractivity (Wildman–Crippen MR) is 81.0 cm³/mol. The van der Waals surface area contributed by atoms with E-state index in [9.17, 15) is 4.79 Å². The Morgan fingerprint density at radius 1 is 1.15 bits per heavy atom. The van der Waals surface area contributed by atoms with Gasteiger partial charge in [-0.25, -0.2) is 0 Å². The monoisotopic (exact) mass is 279 g/mol. The summed E-state index contributed by atoms with van der Waals surface area (Å²) in [4.78, 5) is 12.6. The zero-order chi connectivity index (χ0) is 15.3. The minimum Gasteiger partial charge on any atom is -0.493 e. The van der Waals surface area contributed by atoms with Crippen LogP contribution in [0.2, 0.25) is 0 Å². The van der Waals surface area contributed by atoms with Crippen molar-refractivity contribution in [3.63, 3.8) is 0 Å². The van der Waals surface area contributed by atoms with E-state index in [1.54, 1.807) is 20.3 Å². The van der Waals surface area contributed by atoms with E-state index in [4.69, 9.17) is 9.47 Å². The van der Waals surface area contributed by atoms with E-state index < -0.39 is 5.41 Å². The Morgan fingerprint density at radius 3 is 2.15 bits per heavy atom. The molecule has 0 heterocycles. The molecule has 1 aromatic rings. The van der Waals surface area contributed by atoms with Crippen molar-refractivity contribution in [2.75, 3.05) is 27.8 Å². The molecule has 1 N–H and O–H groups in total. The van der Waals surface area contributed by atoms with Crippen LogP contribution in [0.3, 0.4) is 0 Å². The van der Waals surface area contributed by atoms with Gasteiger partial charge in [0, 0.05) is 11.0 Å². The van der Waals surface area contributed by atoms with Gasteiger partial charge in [-0.15, -0.1) is 0 Å². The third kappa shape index (κ3) is 3.73. The molecule has 4 heteroatoms. The SMILES string of the molecule is CNCCc1cc(OC)c(OC)cc1C(=O)C(C)(C)C. The third-order valence-corrected chi connectivity index (χ3v) is 3.18. The van der Waals surface area contributed by atoms with Gasteiger partial charge in [-0.2, -0.15) is 0 Å². The summed E-state index contributed by atoms with van der Waals surface area (Å²) < 4.78 is 10.6. The Kier molecular flexibility index (Phi) is 5.57. The van der Waals surface area contributed by atoms with E-state index in [-0.39, 0.29) is 5.78 Å². The maximum atomic E-state index is 12.6. The lowest BCUT2D eigenvalue weighted by Crippen LogP contribution is -2.23. The van der Waals surface area contributed by atoms with Crippen molar-refractivity contribution < 1.29 is 14.3 Å². The molecule has 1 aromatic carbocycles. The lowest BCUT2D eigenvalue weighted by Gasteiger charge is -2.21. The number of nitrogens with one attached hydrogen (secondary N) is 1. The first-order chi connectivity index (χ1) is 9.35. The Bertz CT molecular complexity index is 475. The van der Waals surface area contributed by atoms with Gasteiger partial charge in [0.15, 0.2) is 17.3 Å². The second-order valence-corrected chi connectivity index (χ2v) is 5.80. The number of ketones is 1. The van der Waals surface area contributed by atoms with Crippen LogP contribution in [0.5, 0.6) is 11.5 Å². The summed E-state index contributed by atoms with van der Waals surface area (Å²) >= 11 is 0. The maximum absolute atomic E-state index is 12.6. The second-order valence-electron chi connectivity index (χ2n) is 5.80. The number of benzene rings is 1. The number of carbonyl (C=O) groups is 1. The molecule has 112 valence electrons. The van der Waals surface area contributed by atoms with Crippen molar-refractivity contribution in [1.29, 1.82) is 0 Å². The minimum atomic E-state index is -0.423. The summed E-state index contributed by atoms with van der Waals surface area (Å²) in [5.74, 6) is 1.36. The lowest BCUT2D eigenvalue weighted by atomic mass is 9.84. The molecule has 20 heavy (non-hydrogen) atoms. The van der Waals surface area contributed by atoms with Crippen molar-refractivity contribution in [2.45, 2.75) is 27.2 Å². The molecule has 0 saturated heterocycles. The highest BCUT2D eigenvalue weighted by Crippen LogP contribution is 2.33. The van der Waals surface area contributed by atoms with Gasteiger partial charge in [-0.05, 0) is 37.7 Å². The second kappa shape index (κ2) is 6.75. The summed E-state index contributed by atoms with van der Waals surface area (Å²) in [5.41, 5.74) is 1.27. The van der Waals surface area contributed by atoms with Gasteiger partial charge in [-0.1, -0.05) is 20.8 Å². The van der Waals surface area contributed by atoms with Gasteiger partial charge in [0.05, 0.1) is 14.2 Å². The van der Waals surface area contributed by atoms with Crippen LogP contribution in [0.1, 0.15) is 36.7 Å². The molecular formula is C16H25NO3. The standard InChI is InChI=1S/C16H25NO3/c1-16(2,3)15(18)12-10-14(20-6)13(19-5)9-11(12)7-8-17-4/h9-10,17H,7-8H2,1-6H3. The molecule has 0 spiro atoms. The van der Waals surface area contributed by atoms with Gasteiger partial charge in [0.25, 0.3) is 0 Å². The van der Waals surface area contributed by atoms with E-state index >= 15 is 0 Å². The number of carbonyl (C=O) groups excluding carboxylic acids is 1. The molecule has 0 aliphatic rings. The van der Waals surface area contributed by atoms with Gasteiger partial charge in [0.2, 0.25) is 0 Å². The molecule has 0 aromatic heterocycles. The number of rotatable bonds is 6. The highest BCUT2D eigenvalue weighted by atomic mass is 16.5. The number of ether oxygens (including phenoxy) is 2. The van der Waals surface area contributed by atoms with E-state index in [2.05, 4.69) is 5.32 Å². The van der Waals surface area contributed by atoms with Gasteiger partial charge in [-0.3, -0.25) is 4.79 Å². The van der Waals surface area contributed by atoms with Crippen molar-refractivity contribution in [3.05, 3.63) is 23.3 Å². The van der Waals surface area contributed by atoms with Crippen LogP contribution in [0.4, 0.5) is 0 Å². The zero-order valence-electron chi connectivity index (χ0n) is 13.3. The predicted octanol–water partition coefficient (Wildman–Crippen LogP) is 2.69. The van der Waals surface area contributed by atoms with Crippen LogP contribution < -0.4 is 14.8 Å². The van der Waals surface area contributed by atoms with Crippen molar-refractivity contribution in [2.24, 2.45) is 5.41 Å². The minimum absolute atomic E-state index is 0.115. The summed E-state index contributed by atoms with van der Waals surface area (Å²) in [6.45, 7) is 6.58. The van der Waals surface area contributed by atoms with Crippen LogP contribution in [0.15, 0.2) is 12.1 Å². The van der Waals surface area contributed by atoms with Crippen LogP contribution in [-0.2, 0) is 6.42 Å². The fourth-order valence-electron chi connectivity index (χ4n) is 2.00. The third-order valence-electron chi connectivity index (χ3n) is 3.18. The number of hydrogen-bond acceptors (Lipinski definition) is 4. The van der Waals surface area contributed by atoms with E-state index in [0.717, 1.165) is 18.5 Å². The molecule has 0 aliphatic carbocycles. The first-order valence-corrected chi connectivity index (χ1v) is 6.79. The van der Waals surface area contributed by atoms with Gasteiger partial charge < -0.3 is 14.8 Å². The molecule has 0 unspecified atom stereocenters. The molecule has 1 rings (SSSR count). The number of Topliss-reactive ketones (excluding diaryl/α,β-unsaturated/α-hetero) is 1. The molecule has 0 saturated carbocycles. The summed E-state index contributed by atoms with van der Waals surface area (Å²) in [7, 11) is 5.08. The number of methoxy groups -OCH3 is 2. The topological polar surface area (TPSA) is 47.6 Å². The highest BCUT2D eigenvalue weighted by molar-refractivity contribution is 6.01. The molecule has 0 bridgehead atoms. The van der Waals surface area contributed by atoms with Gasteiger partial charge in [0.1, 0.15) is 0 Å². The molecule has 4 nitrogen and oxygen atoms in total. The van der Waals surface area contributed by atoms with Gasteiger partial charge >= 0.3 is 0 Å². The fourth-order valence-corrected chi connectivity index (χ4v) is 2.00. The summed E-state index contributed by atoms with van der Waals surface area (Å²) in [6.07, 6.45) is 0.772. The van der Waals surface area contributed by atoms with Crippen molar-refractivity contribution in [3.8, 4) is 11.5 Å². The fraction of sp³-hybridized carbons (Fsp3) is 0.562. The molecule has 0 aliphatic heterocycles. The van der Waals surface area contributed by atoms with E-state index in [1.165, 1.54) is 0 Å². The molecule has 0 atom stereocenters. The Balaban J connectivity index is 3.34. The first kappa shape index (κ1) is 16.5. The van der Waals surface area contributed by atoms with Crippen LogP contribution in [-0.4, -0.2) is 33.6 Å². The lowest BCUT2D eigenvalue weighted by molar-refractivity contribution is 0.0857. The Hall–Kier alpha value is -1.55. The Labute approximate surface area is 121 Å². The zero-order valence-corrected chi connectivity index (χ0v) is 13.3. The highest BCUT2D eigenvalue weighted by Gasteiger charge is 2.26. The van der Waals surface area contributed by atoms with E-state index in [1.807, 2.05) is 33.9 Å². The number of likely N-dealkylation sites (N-methyl/N-ethyl adjacent to an activating group) is 1. The summed E-state index contributed by atoms with van der Waals surface area (Å²) in [6, 6.07) is 3.69. The Morgan fingerprint density at radius 2 is 1.70 bits per heavy atom.